The molecule has 0 radical (unpaired) electrons. The van der Waals surface area contributed by atoms with Crippen LogP contribution in [-0.4, -0.2) is 147 Å². The minimum Gasteiger partial charge on any atom is -0.479 e. The third-order valence-corrected chi connectivity index (χ3v) is 5.54. The van der Waals surface area contributed by atoms with Crippen molar-refractivity contribution in [1.29, 1.82) is 0 Å². The van der Waals surface area contributed by atoms with Crippen LogP contribution in [0, 0.1) is 0 Å². The predicted octanol–water partition coefficient (Wildman–Crippen LogP) is -5.55. The van der Waals surface area contributed by atoms with Crippen molar-refractivity contribution in [3.63, 3.8) is 0 Å². The average Bonchev–Trinajstić information content (AvgIpc) is 2.75. The highest BCUT2D eigenvalue weighted by atomic mass is 16.7. The zero-order valence-corrected chi connectivity index (χ0v) is 16.9. The molecule has 3 rings (SSSR count). The van der Waals surface area contributed by atoms with Crippen LogP contribution in [0.2, 0.25) is 0 Å². The summed E-state index contributed by atoms with van der Waals surface area (Å²) >= 11 is 0. The topological polar surface area (TPSA) is 234 Å². The van der Waals surface area contributed by atoms with Gasteiger partial charge in [-0.15, -0.1) is 0 Å². The second-order valence-corrected chi connectivity index (χ2v) is 7.68. The van der Waals surface area contributed by atoms with Crippen LogP contribution in [0.15, 0.2) is 0 Å². The number of methoxy groups -OCH3 is 1. The molecule has 0 amide bonds. The minimum absolute atomic E-state index is 0.355. The number of aliphatic carboxylic acids is 1. The van der Waals surface area contributed by atoms with Crippen LogP contribution in [-0.2, 0) is 33.2 Å². The lowest BCUT2D eigenvalue weighted by Crippen LogP contribution is -2.64. The maximum atomic E-state index is 11.4. The Kier molecular flexibility index (Phi) is 8.37. The first-order valence-corrected chi connectivity index (χ1v) is 9.78. The quantitative estimate of drug-likeness (QED) is 0.180. The monoisotopic (exact) mass is 472 g/mol. The molecule has 0 aromatic carbocycles. The number of aliphatic hydroxyl groups excluding tert-OH is 7. The maximum absolute atomic E-state index is 11.4. The standard InChI is InChI=1S/C17H28O15/c1-27-11-8(21)10(23)17(32-13(11)14(24)25)31-12-7(20)5(3-28-15(12)26)30-16-9(22)6(19)4(18)2-29-16/h4-13,15-23,26H,2-3H2,1H3,(H,24,25)/t4-,5-,6+,7+,8-,9-,10-,11+,12-,13+,15+,16+,17+/m1/s1. The molecule has 13 atom stereocenters. The van der Waals surface area contributed by atoms with E-state index in [0.717, 1.165) is 7.11 Å². The van der Waals surface area contributed by atoms with Crippen molar-refractivity contribution < 1.29 is 74.1 Å². The molecule has 3 heterocycles. The summed E-state index contributed by atoms with van der Waals surface area (Å²) in [5.74, 6) is -1.51. The van der Waals surface area contributed by atoms with Crippen molar-refractivity contribution >= 4 is 5.97 Å². The van der Waals surface area contributed by atoms with Crippen LogP contribution in [0.5, 0.6) is 0 Å². The van der Waals surface area contributed by atoms with Gasteiger partial charge in [0.05, 0.1) is 13.2 Å². The molecule has 8 N–H and O–H groups in total. The van der Waals surface area contributed by atoms with Gasteiger partial charge in [0, 0.05) is 7.11 Å². The third kappa shape index (κ3) is 5.05. The zero-order chi connectivity index (χ0) is 23.7. The molecule has 0 aliphatic carbocycles. The summed E-state index contributed by atoms with van der Waals surface area (Å²) in [5.41, 5.74) is 0. The molecular weight excluding hydrogens is 444 g/mol. The highest BCUT2D eigenvalue weighted by molar-refractivity contribution is 5.73. The van der Waals surface area contributed by atoms with Crippen molar-refractivity contribution in [2.75, 3.05) is 20.3 Å². The molecular formula is C17H28O15. The van der Waals surface area contributed by atoms with Crippen LogP contribution in [0.1, 0.15) is 0 Å². The maximum Gasteiger partial charge on any atom is 0.335 e. The molecule has 15 heteroatoms. The Labute approximate surface area is 181 Å². The van der Waals surface area contributed by atoms with Gasteiger partial charge in [0.25, 0.3) is 0 Å². The molecule has 0 saturated carbocycles. The van der Waals surface area contributed by atoms with Gasteiger partial charge in [-0.3, -0.25) is 0 Å². The normalized spacial score (nSPS) is 50.2. The number of aliphatic hydroxyl groups is 7. The Morgan fingerprint density at radius 3 is 2.06 bits per heavy atom. The van der Waals surface area contributed by atoms with Gasteiger partial charge in [-0.05, 0) is 0 Å². The van der Waals surface area contributed by atoms with Crippen molar-refractivity contribution in [3.05, 3.63) is 0 Å². The first kappa shape index (κ1) is 25.6. The van der Waals surface area contributed by atoms with Gasteiger partial charge in [-0.25, -0.2) is 4.79 Å². The Hall–Kier alpha value is -1.05. The van der Waals surface area contributed by atoms with E-state index in [1.165, 1.54) is 0 Å². The SMILES string of the molecule is CO[C@H]1[C@H](O)[C@@H](O)[C@@H](O[C@@H]2[C@@H](O)[C@H](O[C@@H]3OC[C@@H](O)[C@H](O)[C@H]3O)CO[C@@H]2O)O[C@@H]1C(=O)O. The fourth-order valence-electron chi connectivity index (χ4n) is 3.67. The van der Waals surface area contributed by atoms with E-state index in [1.54, 1.807) is 0 Å². The molecule has 3 fully saturated rings. The van der Waals surface area contributed by atoms with Crippen molar-refractivity contribution in [3.8, 4) is 0 Å². The smallest absolute Gasteiger partial charge is 0.335 e. The Morgan fingerprint density at radius 1 is 0.781 bits per heavy atom. The second kappa shape index (κ2) is 10.5. The fraction of sp³-hybridized carbons (Fsp3) is 0.941. The van der Waals surface area contributed by atoms with Gasteiger partial charge in [0.15, 0.2) is 25.0 Å². The molecule has 186 valence electrons. The van der Waals surface area contributed by atoms with E-state index in [0.29, 0.717) is 0 Å². The second-order valence-electron chi connectivity index (χ2n) is 7.68. The van der Waals surface area contributed by atoms with E-state index in [2.05, 4.69) is 0 Å². The van der Waals surface area contributed by atoms with Crippen LogP contribution in [0.25, 0.3) is 0 Å². The lowest BCUT2D eigenvalue weighted by atomic mass is 9.98. The van der Waals surface area contributed by atoms with Gasteiger partial charge in [-0.2, -0.15) is 0 Å². The van der Waals surface area contributed by atoms with E-state index < -0.39 is 92.5 Å². The molecule has 15 nitrogen and oxygen atoms in total. The molecule has 32 heavy (non-hydrogen) atoms. The minimum atomic E-state index is -1.81. The lowest BCUT2D eigenvalue weighted by Gasteiger charge is -2.45. The molecule has 3 aliphatic rings. The highest BCUT2D eigenvalue weighted by Crippen LogP contribution is 2.29. The average molecular weight is 472 g/mol. The number of carboxylic acids is 1. The number of hydrogen-bond acceptors (Lipinski definition) is 14. The summed E-state index contributed by atoms with van der Waals surface area (Å²) in [6.45, 7) is -0.750. The molecule has 3 saturated heterocycles. The lowest BCUT2D eigenvalue weighted by molar-refractivity contribution is -0.363. The van der Waals surface area contributed by atoms with E-state index in [1.807, 2.05) is 0 Å². The van der Waals surface area contributed by atoms with Crippen LogP contribution < -0.4 is 0 Å². The first-order valence-electron chi connectivity index (χ1n) is 9.78. The Bertz CT molecular complexity index is 635. The zero-order valence-electron chi connectivity index (χ0n) is 16.9. The molecule has 0 spiro atoms. The summed E-state index contributed by atoms with van der Waals surface area (Å²) in [6, 6.07) is 0. The van der Waals surface area contributed by atoms with Crippen molar-refractivity contribution in [1.82, 2.24) is 0 Å². The highest BCUT2D eigenvalue weighted by Gasteiger charge is 2.52. The molecule has 3 aliphatic heterocycles. The molecule has 0 unspecified atom stereocenters. The number of carbonyl (C=O) groups is 1. The number of carboxylic acid groups (broad SMARTS) is 1. The summed E-state index contributed by atoms with van der Waals surface area (Å²) in [6.07, 6.45) is -20.9. The van der Waals surface area contributed by atoms with Gasteiger partial charge >= 0.3 is 5.97 Å². The fourth-order valence-corrected chi connectivity index (χ4v) is 3.67. The summed E-state index contributed by atoms with van der Waals surface area (Å²) in [4.78, 5) is 11.4. The predicted molar refractivity (Wildman–Crippen MR) is 94.6 cm³/mol. The summed E-state index contributed by atoms with van der Waals surface area (Å²) < 4.78 is 31.0. The van der Waals surface area contributed by atoms with E-state index in [4.69, 9.17) is 28.4 Å². The molecule has 0 aromatic heterocycles. The Balaban J connectivity index is 1.68. The van der Waals surface area contributed by atoms with E-state index in [9.17, 15) is 45.6 Å². The number of rotatable bonds is 6. The van der Waals surface area contributed by atoms with Gasteiger partial charge in [-0.1, -0.05) is 0 Å². The largest absolute Gasteiger partial charge is 0.479 e. The van der Waals surface area contributed by atoms with Crippen molar-refractivity contribution in [2.45, 2.75) is 79.9 Å². The Morgan fingerprint density at radius 2 is 1.44 bits per heavy atom. The van der Waals surface area contributed by atoms with E-state index >= 15 is 0 Å². The van der Waals surface area contributed by atoms with Crippen LogP contribution in [0.4, 0.5) is 0 Å². The van der Waals surface area contributed by atoms with Crippen LogP contribution >= 0.6 is 0 Å². The number of hydrogen-bond donors (Lipinski definition) is 8. The van der Waals surface area contributed by atoms with Crippen molar-refractivity contribution in [2.24, 2.45) is 0 Å². The van der Waals surface area contributed by atoms with Crippen LogP contribution in [0.3, 0.4) is 0 Å². The summed E-state index contributed by atoms with van der Waals surface area (Å²) in [7, 11) is 1.11. The van der Waals surface area contributed by atoms with Gasteiger partial charge in [0.2, 0.25) is 0 Å². The molecule has 0 bridgehead atoms. The molecule has 0 aromatic rings. The van der Waals surface area contributed by atoms with Gasteiger partial charge < -0.3 is 69.3 Å². The first-order chi connectivity index (χ1) is 15.1. The number of ether oxygens (including phenoxy) is 6. The summed E-state index contributed by atoms with van der Waals surface area (Å²) in [5, 5.41) is 79.6. The third-order valence-electron chi connectivity index (χ3n) is 5.54. The van der Waals surface area contributed by atoms with E-state index in [-0.39, 0.29) is 6.61 Å². The van der Waals surface area contributed by atoms with Gasteiger partial charge in [0.1, 0.15) is 54.9 Å².